The molecule has 0 spiro atoms. The lowest BCUT2D eigenvalue weighted by molar-refractivity contribution is 0.0426. The molecule has 15 heavy (non-hydrogen) atoms. The van der Waals surface area contributed by atoms with Crippen LogP contribution in [-0.2, 0) is 11.3 Å². The van der Waals surface area contributed by atoms with Crippen molar-refractivity contribution >= 4 is 22.6 Å². The first-order chi connectivity index (χ1) is 7.25. The molecule has 0 fully saturated rings. The Labute approximate surface area is 86.2 Å². The average molecular weight is 202 g/mol. The van der Waals surface area contributed by atoms with Gasteiger partial charge >= 0.3 is 5.97 Å². The zero-order valence-corrected chi connectivity index (χ0v) is 8.06. The number of nitrogen functional groups attached to an aromatic ring is 1. The Hall–Kier alpha value is -1.97. The average Bonchev–Trinajstić information content (AvgIpc) is 2.57. The lowest BCUT2D eigenvalue weighted by Crippen LogP contribution is -2.22. The number of ether oxygens (including phenoxy) is 1. The van der Waals surface area contributed by atoms with Crippen LogP contribution in [-0.4, -0.2) is 17.1 Å². The molecule has 76 valence electrons. The molecule has 0 saturated carbocycles. The first-order valence-electron chi connectivity index (χ1n) is 4.81. The van der Waals surface area contributed by atoms with E-state index in [1.165, 1.54) is 0 Å². The summed E-state index contributed by atoms with van der Waals surface area (Å²) in [6.07, 6.45) is 0. The molecule has 0 radical (unpaired) electrons. The number of esters is 1. The van der Waals surface area contributed by atoms with Crippen LogP contribution < -0.4 is 5.73 Å². The van der Waals surface area contributed by atoms with Crippen molar-refractivity contribution in [1.29, 1.82) is 0 Å². The Balaban J connectivity index is 2.35. The minimum absolute atomic E-state index is 0.254. The maximum atomic E-state index is 11.5. The molecule has 0 unspecified atom stereocenters. The number of anilines is 1. The van der Waals surface area contributed by atoms with E-state index in [1.54, 1.807) is 0 Å². The summed E-state index contributed by atoms with van der Waals surface area (Å²) in [5.41, 5.74) is 8.05. The summed E-state index contributed by atoms with van der Waals surface area (Å²) >= 11 is 0. The maximum absolute atomic E-state index is 11.5. The second-order valence-electron chi connectivity index (χ2n) is 3.64. The van der Waals surface area contributed by atoms with E-state index in [4.69, 9.17) is 10.5 Å². The SMILES string of the molecule is Nc1ccc2c(c1)cc1n2CCOC1=O. The van der Waals surface area contributed by atoms with Gasteiger partial charge in [0, 0.05) is 16.6 Å². The third kappa shape index (κ3) is 1.11. The molecule has 1 aliphatic rings. The summed E-state index contributed by atoms with van der Waals surface area (Å²) in [7, 11) is 0. The van der Waals surface area contributed by atoms with E-state index in [0.717, 1.165) is 10.9 Å². The Bertz CT molecular complexity index is 557. The monoisotopic (exact) mass is 202 g/mol. The zero-order chi connectivity index (χ0) is 10.4. The highest BCUT2D eigenvalue weighted by molar-refractivity contribution is 5.97. The van der Waals surface area contributed by atoms with E-state index in [1.807, 2.05) is 28.8 Å². The van der Waals surface area contributed by atoms with Gasteiger partial charge in [-0.15, -0.1) is 0 Å². The van der Waals surface area contributed by atoms with Gasteiger partial charge in [0.2, 0.25) is 0 Å². The number of carbonyl (C=O) groups is 1. The highest BCUT2D eigenvalue weighted by Crippen LogP contribution is 2.24. The highest BCUT2D eigenvalue weighted by Gasteiger charge is 2.20. The fraction of sp³-hybridized carbons (Fsp3) is 0.182. The predicted molar refractivity (Wildman–Crippen MR) is 56.6 cm³/mol. The van der Waals surface area contributed by atoms with Crippen LogP contribution in [0.3, 0.4) is 0 Å². The van der Waals surface area contributed by atoms with Crippen molar-refractivity contribution in [3.05, 3.63) is 30.0 Å². The van der Waals surface area contributed by atoms with Crippen LogP contribution in [0.4, 0.5) is 5.69 Å². The van der Waals surface area contributed by atoms with Crippen LogP contribution >= 0.6 is 0 Å². The van der Waals surface area contributed by atoms with Crippen molar-refractivity contribution < 1.29 is 9.53 Å². The Morgan fingerprint density at radius 3 is 3.07 bits per heavy atom. The van der Waals surface area contributed by atoms with Gasteiger partial charge in [-0.2, -0.15) is 0 Å². The lowest BCUT2D eigenvalue weighted by Gasteiger charge is -2.15. The lowest BCUT2D eigenvalue weighted by atomic mass is 10.2. The molecule has 4 heteroatoms. The molecule has 0 amide bonds. The van der Waals surface area contributed by atoms with Crippen LogP contribution in [0, 0.1) is 0 Å². The van der Waals surface area contributed by atoms with Crippen molar-refractivity contribution in [1.82, 2.24) is 4.57 Å². The first-order valence-corrected chi connectivity index (χ1v) is 4.81. The largest absolute Gasteiger partial charge is 0.459 e. The smallest absolute Gasteiger partial charge is 0.355 e. The molecule has 2 N–H and O–H groups in total. The molecule has 3 rings (SSSR count). The van der Waals surface area contributed by atoms with Gasteiger partial charge in [0.25, 0.3) is 0 Å². The van der Waals surface area contributed by atoms with Gasteiger partial charge < -0.3 is 15.0 Å². The number of rotatable bonds is 0. The van der Waals surface area contributed by atoms with Crippen LogP contribution in [0.25, 0.3) is 10.9 Å². The molecule has 0 bridgehead atoms. The normalized spacial score (nSPS) is 15.1. The number of carbonyl (C=O) groups excluding carboxylic acids is 1. The number of fused-ring (bicyclic) bond motifs is 3. The molecular weight excluding hydrogens is 192 g/mol. The summed E-state index contributed by atoms with van der Waals surface area (Å²) < 4.78 is 6.95. The number of nitrogens with zero attached hydrogens (tertiary/aromatic N) is 1. The van der Waals surface area contributed by atoms with E-state index < -0.39 is 0 Å². The minimum Gasteiger partial charge on any atom is -0.459 e. The van der Waals surface area contributed by atoms with Crippen LogP contribution in [0.15, 0.2) is 24.3 Å². The fourth-order valence-electron chi connectivity index (χ4n) is 2.00. The standard InChI is InChI=1S/C11H10N2O2/c12-8-1-2-9-7(5-8)6-10-11(14)15-4-3-13(9)10/h1-2,5-6H,3-4,12H2. The van der Waals surface area contributed by atoms with E-state index in [2.05, 4.69) is 0 Å². The van der Waals surface area contributed by atoms with Gasteiger partial charge in [-0.3, -0.25) is 0 Å². The molecule has 2 heterocycles. The minimum atomic E-state index is -0.254. The molecule has 1 aromatic carbocycles. The molecular formula is C11H10N2O2. The fourth-order valence-corrected chi connectivity index (χ4v) is 2.00. The zero-order valence-electron chi connectivity index (χ0n) is 8.06. The van der Waals surface area contributed by atoms with Crippen molar-refractivity contribution in [3.8, 4) is 0 Å². The van der Waals surface area contributed by atoms with Crippen LogP contribution in [0.1, 0.15) is 10.5 Å². The number of hydrogen-bond acceptors (Lipinski definition) is 3. The summed E-state index contributed by atoms with van der Waals surface area (Å²) in [6.45, 7) is 1.16. The van der Waals surface area contributed by atoms with E-state index in [0.29, 0.717) is 24.5 Å². The molecule has 0 saturated heterocycles. The second kappa shape index (κ2) is 2.76. The van der Waals surface area contributed by atoms with Gasteiger partial charge in [-0.05, 0) is 24.3 Å². The molecule has 2 aromatic rings. The quantitative estimate of drug-likeness (QED) is 0.519. The molecule has 1 aromatic heterocycles. The maximum Gasteiger partial charge on any atom is 0.355 e. The van der Waals surface area contributed by atoms with Crippen LogP contribution in [0.5, 0.6) is 0 Å². The van der Waals surface area contributed by atoms with Gasteiger partial charge in [0.15, 0.2) is 0 Å². The van der Waals surface area contributed by atoms with Gasteiger partial charge in [0.1, 0.15) is 12.3 Å². The number of hydrogen-bond donors (Lipinski definition) is 1. The van der Waals surface area contributed by atoms with Gasteiger partial charge in [-0.1, -0.05) is 0 Å². The summed E-state index contributed by atoms with van der Waals surface area (Å²) in [6, 6.07) is 7.48. The third-order valence-corrected chi connectivity index (χ3v) is 2.68. The number of cyclic esters (lactones) is 1. The molecule has 4 nitrogen and oxygen atoms in total. The molecule has 0 aliphatic carbocycles. The van der Waals surface area contributed by atoms with E-state index in [9.17, 15) is 4.79 Å². The highest BCUT2D eigenvalue weighted by atomic mass is 16.5. The van der Waals surface area contributed by atoms with Gasteiger partial charge in [0.05, 0.1) is 6.54 Å². The Morgan fingerprint density at radius 2 is 2.20 bits per heavy atom. The summed E-state index contributed by atoms with van der Waals surface area (Å²) in [5, 5.41) is 0.990. The molecule has 0 atom stereocenters. The Morgan fingerprint density at radius 1 is 1.33 bits per heavy atom. The topological polar surface area (TPSA) is 57.2 Å². The second-order valence-corrected chi connectivity index (χ2v) is 3.64. The van der Waals surface area contributed by atoms with Gasteiger partial charge in [-0.25, -0.2) is 4.79 Å². The number of aromatic nitrogens is 1. The first kappa shape index (κ1) is 8.35. The van der Waals surface area contributed by atoms with E-state index in [-0.39, 0.29) is 5.97 Å². The summed E-state index contributed by atoms with van der Waals surface area (Å²) in [4.78, 5) is 11.5. The van der Waals surface area contributed by atoms with Crippen molar-refractivity contribution in [2.24, 2.45) is 0 Å². The van der Waals surface area contributed by atoms with Crippen molar-refractivity contribution in [3.63, 3.8) is 0 Å². The number of benzene rings is 1. The third-order valence-electron chi connectivity index (χ3n) is 2.68. The van der Waals surface area contributed by atoms with Crippen LogP contribution in [0.2, 0.25) is 0 Å². The Kier molecular flexibility index (Phi) is 1.54. The van der Waals surface area contributed by atoms with Crippen molar-refractivity contribution in [2.75, 3.05) is 12.3 Å². The molecule has 1 aliphatic heterocycles. The van der Waals surface area contributed by atoms with Crippen molar-refractivity contribution in [2.45, 2.75) is 6.54 Å². The van der Waals surface area contributed by atoms with E-state index >= 15 is 0 Å². The number of nitrogens with two attached hydrogens (primary N) is 1. The predicted octanol–water partition coefficient (Wildman–Crippen LogP) is 1.39. The summed E-state index contributed by atoms with van der Waals surface area (Å²) in [5.74, 6) is -0.254.